The molecule has 0 radical (unpaired) electrons. The van der Waals surface area contributed by atoms with E-state index in [1.54, 1.807) is 0 Å². The van der Waals surface area contributed by atoms with Crippen molar-refractivity contribution in [1.29, 1.82) is 0 Å². The monoisotopic (exact) mass is 328 g/mol. The molecule has 1 rings (SSSR count). The van der Waals surface area contributed by atoms with Crippen molar-refractivity contribution in [2.75, 3.05) is 12.0 Å². The van der Waals surface area contributed by atoms with Crippen LogP contribution in [0.2, 0.25) is 0 Å². The number of H-pyrrole nitrogens is 1. The molecule has 1 unspecified atom stereocenters. The number of carbonyl (C=O) groups excluding carboxylic acids is 1. The Labute approximate surface area is 115 Å². The molecule has 0 aromatic carbocycles. The Hall–Kier alpha value is -1.06. The van der Waals surface area contributed by atoms with E-state index >= 15 is 0 Å². The number of amides is 1. The topological polar surface area (TPSA) is 113 Å². The summed E-state index contributed by atoms with van der Waals surface area (Å²) in [5, 5.41) is 2.43. The summed E-state index contributed by atoms with van der Waals surface area (Å²) in [7, 11) is -2.01. The van der Waals surface area contributed by atoms with Gasteiger partial charge in [-0.1, -0.05) is 0 Å². The van der Waals surface area contributed by atoms with Gasteiger partial charge in [-0.15, -0.1) is 0 Å². The molecule has 0 aliphatic rings. The molecule has 0 aliphatic heterocycles. The molecule has 1 heterocycles. The first-order valence-electron chi connectivity index (χ1n) is 5.11. The van der Waals surface area contributed by atoms with Gasteiger partial charge in [-0.3, -0.25) is 4.79 Å². The molecule has 0 bridgehead atoms. The van der Waals surface area contributed by atoms with E-state index in [1.807, 2.05) is 0 Å². The molecule has 10 heteroatoms. The molecule has 108 valence electrons. The van der Waals surface area contributed by atoms with E-state index in [1.165, 1.54) is 6.92 Å². The second-order valence-corrected chi connectivity index (χ2v) is 8.90. The first-order chi connectivity index (χ1) is 8.49. The molecule has 0 aliphatic carbocycles. The Kier molecular flexibility index (Phi) is 4.64. The van der Waals surface area contributed by atoms with Crippen molar-refractivity contribution in [1.82, 2.24) is 10.3 Å². The van der Waals surface area contributed by atoms with Crippen molar-refractivity contribution in [3.05, 3.63) is 18.0 Å². The minimum Gasteiger partial charge on any atom is -0.356 e. The van der Waals surface area contributed by atoms with Crippen LogP contribution in [-0.4, -0.2) is 45.8 Å². The number of rotatable bonds is 5. The first kappa shape index (κ1) is 16.0. The van der Waals surface area contributed by atoms with Crippen molar-refractivity contribution in [2.45, 2.75) is 17.9 Å². The highest BCUT2D eigenvalue weighted by atomic mass is 35.7. The molecule has 19 heavy (non-hydrogen) atoms. The summed E-state index contributed by atoms with van der Waals surface area (Å²) >= 11 is 0. The highest BCUT2D eigenvalue weighted by Crippen LogP contribution is 2.15. The molecular weight excluding hydrogens is 316 g/mol. The molecule has 0 fully saturated rings. The number of carbonyl (C=O) groups is 1. The van der Waals surface area contributed by atoms with E-state index in [-0.39, 0.29) is 16.3 Å². The minimum absolute atomic E-state index is 0.0143. The van der Waals surface area contributed by atoms with Crippen LogP contribution in [0, 0.1) is 0 Å². The zero-order chi connectivity index (χ0) is 14.8. The Morgan fingerprint density at radius 3 is 2.42 bits per heavy atom. The average Bonchev–Trinajstić information content (AvgIpc) is 2.61. The van der Waals surface area contributed by atoms with Gasteiger partial charge < -0.3 is 10.3 Å². The van der Waals surface area contributed by atoms with E-state index in [4.69, 9.17) is 10.7 Å². The van der Waals surface area contributed by atoms with E-state index < -0.39 is 30.8 Å². The predicted octanol–water partition coefficient (Wildman–Crippen LogP) is 0.105. The van der Waals surface area contributed by atoms with E-state index in [0.29, 0.717) is 0 Å². The van der Waals surface area contributed by atoms with E-state index in [2.05, 4.69) is 10.3 Å². The third-order valence-corrected chi connectivity index (χ3v) is 4.55. The van der Waals surface area contributed by atoms with Gasteiger partial charge in [-0.25, -0.2) is 16.8 Å². The van der Waals surface area contributed by atoms with Gasteiger partial charge >= 0.3 is 0 Å². The lowest BCUT2D eigenvalue weighted by Crippen LogP contribution is -2.37. The number of halogens is 1. The predicted molar refractivity (Wildman–Crippen MR) is 70.5 cm³/mol. The fraction of sp³-hybridized carbons (Fsp3) is 0.444. The molecule has 0 saturated carbocycles. The van der Waals surface area contributed by atoms with Gasteiger partial charge in [0.2, 0.25) is 0 Å². The Morgan fingerprint density at radius 1 is 1.42 bits per heavy atom. The maximum atomic E-state index is 11.7. The van der Waals surface area contributed by atoms with Gasteiger partial charge in [0.15, 0.2) is 0 Å². The van der Waals surface area contributed by atoms with E-state index in [0.717, 1.165) is 18.5 Å². The molecule has 1 amide bonds. The quantitative estimate of drug-likeness (QED) is 0.744. The molecular formula is C9H13ClN2O5S2. The Morgan fingerprint density at radius 2 is 2.00 bits per heavy atom. The number of hydrogen-bond acceptors (Lipinski definition) is 5. The maximum absolute atomic E-state index is 11.7. The van der Waals surface area contributed by atoms with Gasteiger partial charge in [0.25, 0.3) is 15.0 Å². The van der Waals surface area contributed by atoms with Crippen molar-refractivity contribution < 1.29 is 21.6 Å². The van der Waals surface area contributed by atoms with Gasteiger partial charge in [0.1, 0.15) is 20.4 Å². The lowest BCUT2D eigenvalue weighted by Gasteiger charge is -2.11. The number of hydrogen-bond donors (Lipinski definition) is 2. The summed E-state index contributed by atoms with van der Waals surface area (Å²) in [4.78, 5) is 13.9. The second kappa shape index (κ2) is 5.51. The molecule has 0 saturated heterocycles. The van der Waals surface area contributed by atoms with Gasteiger partial charge in [0, 0.05) is 29.2 Å². The highest BCUT2D eigenvalue weighted by molar-refractivity contribution is 8.13. The third kappa shape index (κ3) is 5.21. The molecule has 7 nitrogen and oxygen atoms in total. The van der Waals surface area contributed by atoms with Crippen LogP contribution in [0.4, 0.5) is 0 Å². The van der Waals surface area contributed by atoms with Gasteiger partial charge in [-0.05, 0) is 13.0 Å². The average molecular weight is 329 g/mol. The molecule has 1 aromatic rings. The van der Waals surface area contributed by atoms with Crippen LogP contribution in [0.15, 0.2) is 17.2 Å². The van der Waals surface area contributed by atoms with Crippen LogP contribution in [0.3, 0.4) is 0 Å². The minimum atomic E-state index is -3.91. The summed E-state index contributed by atoms with van der Waals surface area (Å²) in [5.41, 5.74) is -0.0143. The summed E-state index contributed by atoms with van der Waals surface area (Å²) < 4.78 is 44.1. The third-order valence-electron chi connectivity index (χ3n) is 2.11. The number of sulfone groups is 1. The molecule has 2 N–H and O–H groups in total. The normalized spacial score (nSPS) is 14.1. The fourth-order valence-corrected chi connectivity index (χ4v) is 3.16. The standard InChI is InChI=1S/C9H13ClN2O5S2/c1-6(5-18(2,14)15)12-9(13)8-3-7(4-11-8)19(10,16)17/h3-4,6,11H,5H2,1-2H3,(H,12,13). The van der Waals surface area contributed by atoms with Gasteiger partial charge in [-0.2, -0.15) is 0 Å². The summed E-state index contributed by atoms with van der Waals surface area (Å²) in [6.07, 6.45) is 2.14. The lowest BCUT2D eigenvalue weighted by molar-refractivity contribution is 0.0939. The molecule has 1 aromatic heterocycles. The zero-order valence-corrected chi connectivity index (χ0v) is 12.6. The molecule has 0 spiro atoms. The van der Waals surface area contributed by atoms with Crippen LogP contribution in [0.1, 0.15) is 17.4 Å². The van der Waals surface area contributed by atoms with Crippen molar-refractivity contribution in [3.8, 4) is 0 Å². The van der Waals surface area contributed by atoms with Crippen LogP contribution in [0.5, 0.6) is 0 Å². The first-order valence-corrected chi connectivity index (χ1v) is 9.47. The number of aromatic amines is 1. The lowest BCUT2D eigenvalue weighted by atomic mass is 10.3. The van der Waals surface area contributed by atoms with Crippen LogP contribution in [0.25, 0.3) is 0 Å². The van der Waals surface area contributed by atoms with Crippen molar-refractivity contribution >= 4 is 35.5 Å². The number of nitrogens with one attached hydrogen (secondary N) is 2. The van der Waals surface area contributed by atoms with Crippen LogP contribution >= 0.6 is 10.7 Å². The highest BCUT2D eigenvalue weighted by Gasteiger charge is 2.18. The van der Waals surface area contributed by atoms with Crippen molar-refractivity contribution in [2.24, 2.45) is 0 Å². The van der Waals surface area contributed by atoms with Gasteiger partial charge in [0.05, 0.1) is 5.75 Å². The largest absolute Gasteiger partial charge is 0.356 e. The number of aromatic nitrogens is 1. The van der Waals surface area contributed by atoms with Crippen molar-refractivity contribution in [3.63, 3.8) is 0 Å². The smallest absolute Gasteiger partial charge is 0.267 e. The maximum Gasteiger partial charge on any atom is 0.267 e. The zero-order valence-electron chi connectivity index (χ0n) is 10.2. The van der Waals surface area contributed by atoms with Crippen LogP contribution in [-0.2, 0) is 18.9 Å². The second-order valence-electron chi connectivity index (χ2n) is 4.15. The van der Waals surface area contributed by atoms with Crippen LogP contribution < -0.4 is 5.32 Å². The van der Waals surface area contributed by atoms with E-state index in [9.17, 15) is 21.6 Å². The fourth-order valence-electron chi connectivity index (χ4n) is 1.44. The Balaban J connectivity index is 2.77. The molecule has 1 atom stereocenters. The summed E-state index contributed by atoms with van der Waals surface area (Å²) in [6.45, 7) is 1.53. The summed E-state index contributed by atoms with van der Waals surface area (Å²) in [5.74, 6) is -0.817. The Bertz CT molecular complexity index is 677. The summed E-state index contributed by atoms with van der Waals surface area (Å²) in [6, 6.07) is 0.479. The SMILES string of the molecule is CC(CS(C)(=O)=O)NC(=O)c1cc(S(=O)(=O)Cl)c[nH]1.